The van der Waals surface area contributed by atoms with Gasteiger partial charge in [0.25, 0.3) is 5.91 Å². The van der Waals surface area contributed by atoms with E-state index in [-0.39, 0.29) is 48.1 Å². The second-order valence-electron chi connectivity index (χ2n) is 10.7. The van der Waals surface area contributed by atoms with E-state index in [0.717, 1.165) is 30.4 Å². The minimum atomic E-state index is -0.435. The maximum absolute atomic E-state index is 13.1. The van der Waals surface area contributed by atoms with Crippen molar-refractivity contribution in [2.45, 2.75) is 51.0 Å². The molecule has 2 aliphatic heterocycles. The summed E-state index contributed by atoms with van der Waals surface area (Å²) in [4.78, 5) is 27.8. The molecular formula is C29H32Cl2N2O3. The summed E-state index contributed by atoms with van der Waals surface area (Å²) in [7, 11) is 0. The zero-order valence-electron chi connectivity index (χ0n) is 20.6. The first-order valence-electron chi connectivity index (χ1n) is 12.7. The average Bonchev–Trinajstić information content (AvgIpc) is 3.11. The lowest BCUT2D eigenvalue weighted by molar-refractivity contribution is -0.129. The minimum Gasteiger partial charge on any atom is -0.396 e. The van der Waals surface area contributed by atoms with Gasteiger partial charge in [0.2, 0.25) is 5.91 Å². The smallest absolute Gasteiger partial charge is 0.257 e. The van der Waals surface area contributed by atoms with Gasteiger partial charge in [0.1, 0.15) is 0 Å². The molecule has 36 heavy (non-hydrogen) atoms. The Kier molecular flexibility index (Phi) is 6.92. The molecule has 6 atom stereocenters. The third-order valence-corrected chi connectivity index (χ3v) is 9.20. The van der Waals surface area contributed by atoms with Crippen molar-refractivity contribution in [3.8, 4) is 0 Å². The molecule has 2 aromatic rings. The molecule has 5 nitrogen and oxygen atoms in total. The van der Waals surface area contributed by atoms with Gasteiger partial charge in [-0.1, -0.05) is 54.4 Å². The number of carbonyl (C=O) groups excluding carboxylic acids is 2. The van der Waals surface area contributed by atoms with Gasteiger partial charge in [-0.2, -0.15) is 0 Å². The first-order valence-corrected chi connectivity index (χ1v) is 13.4. The van der Waals surface area contributed by atoms with Crippen molar-refractivity contribution < 1.29 is 14.7 Å². The molecule has 2 amide bonds. The standard InChI is InChI=1S/C29H32Cl2N2O3/c1-17-26-25(19-3-6-21(30)7-4-19)23(9-12-29(26,2)28(36)32-17)22-8-5-20(15-24(22)31)27(35)33-13-10-18(16-34)11-14-33/h3-8,10,13,15,17-18,23,25-26,34H,9,11-12,14,16H2,1-2H3,(H,32,36)/t17-,18?,23+,25+,26+,29-/m1/s1. The molecule has 1 aliphatic carbocycles. The van der Waals surface area contributed by atoms with Crippen LogP contribution in [0.25, 0.3) is 0 Å². The Morgan fingerprint density at radius 1 is 1.17 bits per heavy atom. The average molecular weight is 527 g/mol. The fourth-order valence-electron chi connectivity index (χ4n) is 6.66. The molecule has 190 valence electrons. The first kappa shape index (κ1) is 25.3. The molecule has 2 N–H and O–H groups in total. The van der Waals surface area contributed by atoms with Crippen LogP contribution in [0.2, 0.25) is 10.0 Å². The summed E-state index contributed by atoms with van der Waals surface area (Å²) < 4.78 is 0. The summed E-state index contributed by atoms with van der Waals surface area (Å²) >= 11 is 13.1. The van der Waals surface area contributed by atoms with Crippen LogP contribution < -0.4 is 5.32 Å². The number of fused-ring (bicyclic) bond motifs is 1. The fraction of sp³-hybridized carbons (Fsp3) is 0.448. The molecule has 0 radical (unpaired) electrons. The van der Waals surface area contributed by atoms with Gasteiger partial charge in [0, 0.05) is 52.8 Å². The number of nitrogens with one attached hydrogen (secondary N) is 1. The zero-order valence-corrected chi connectivity index (χ0v) is 22.1. The highest BCUT2D eigenvalue weighted by atomic mass is 35.5. The quantitative estimate of drug-likeness (QED) is 0.531. The van der Waals surface area contributed by atoms with Crippen molar-refractivity contribution in [2.24, 2.45) is 17.3 Å². The van der Waals surface area contributed by atoms with Gasteiger partial charge in [-0.15, -0.1) is 0 Å². The van der Waals surface area contributed by atoms with Crippen LogP contribution in [0.3, 0.4) is 0 Å². The van der Waals surface area contributed by atoms with Gasteiger partial charge in [0.15, 0.2) is 0 Å². The zero-order chi connectivity index (χ0) is 25.6. The molecule has 1 saturated heterocycles. The lowest BCUT2D eigenvalue weighted by Gasteiger charge is -2.46. The second-order valence-corrected chi connectivity index (χ2v) is 11.6. The number of carbonyl (C=O) groups is 2. The van der Waals surface area contributed by atoms with Crippen molar-refractivity contribution in [1.82, 2.24) is 10.2 Å². The molecule has 0 spiro atoms. The van der Waals surface area contributed by atoms with Crippen molar-refractivity contribution in [3.63, 3.8) is 0 Å². The molecular weight excluding hydrogens is 495 g/mol. The van der Waals surface area contributed by atoms with Gasteiger partial charge in [0.05, 0.1) is 5.41 Å². The van der Waals surface area contributed by atoms with Crippen LogP contribution in [-0.2, 0) is 4.79 Å². The number of hydrogen-bond donors (Lipinski definition) is 2. The summed E-state index contributed by atoms with van der Waals surface area (Å²) in [6.45, 7) is 4.85. The summed E-state index contributed by atoms with van der Waals surface area (Å²) in [6, 6.07) is 13.6. The van der Waals surface area contributed by atoms with E-state index in [0.29, 0.717) is 22.2 Å². The number of nitrogens with zero attached hydrogens (tertiary/aromatic N) is 1. The molecule has 2 aromatic carbocycles. The summed E-state index contributed by atoms with van der Waals surface area (Å²) in [5.41, 5.74) is 2.27. The van der Waals surface area contributed by atoms with Crippen molar-refractivity contribution in [2.75, 3.05) is 13.2 Å². The highest BCUT2D eigenvalue weighted by Crippen LogP contribution is 2.59. The Labute approximate surface area is 222 Å². The van der Waals surface area contributed by atoms with E-state index in [4.69, 9.17) is 23.2 Å². The Morgan fingerprint density at radius 3 is 2.56 bits per heavy atom. The van der Waals surface area contributed by atoms with Crippen LogP contribution in [0.5, 0.6) is 0 Å². The molecule has 1 saturated carbocycles. The number of rotatable bonds is 4. The Hall–Kier alpha value is -2.34. The monoisotopic (exact) mass is 526 g/mol. The predicted molar refractivity (Wildman–Crippen MR) is 142 cm³/mol. The van der Waals surface area contributed by atoms with E-state index in [9.17, 15) is 14.7 Å². The maximum atomic E-state index is 13.1. The van der Waals surface area contributed by atoms with E-state index in [1.54, 1.807) is 17.2 Å². The number of aliphatic hydroxyl groups excluding tert-OH is 1. The first-order chi connectivity index (χ1) is 17.2. The number of aliphatic hydroxyl groups is 1. The van der Waals surface area contributed by atoms with Crippen LogP contribution in [0.1, 0.15) is 66.4 Å². The maximum Gasteiger partial charge on any atom is 0.257 e. The van der Waals surface area contributed by atoms with Crippen LogP contribution in [-0.4, -0.2) is 41.0 Å². The van der Waals surface area contributed by atoms with Crippen molar-refractivity contribution in [1.29, 1.82) is 0 Å². The third-order valence-electron chi connectivity index (χ3n) is 8.62. The minimum absolute atomic E-state index is 0.0410. The van der Waals surface area contributed by atoms with Crippen molar-refractivity contribution in [3.05, 3.63) is 81.5 Å². The fourth-order valence-corrected chi connectivity index (χ4v) is 7.11. The van der Waals surface area contributed by atoms with Gasteiger partial charge >= 0.3 is 0 Å². The summed E-state index contributed by atoms with van der Waals surface area (Å²) in [5.74, 6) is 0.426. The van der Waals surface area contributed by atoms with Crippen LogP contribution in [0, 0.1) is 17.3 Å². The molecule has 3 aliphatic rings. The molecule has 7 heteroatoms. The highest BCUT2D eigenvalue weighted by molar-refractivity contribution is 6.32. The van der Waals surface area contributed by atoms with Gasteiger partial charge in [-0.05, 0) is 73.4 Å². The molecule has 0 aromatic heterocycles. The topological polar surface area (TPSA) is 69.6 Å². The molecule has 0 bridgehead atoms. The normalized spacial score (nSPS) is 31.8. The molecule has 2 fully saturated rings. The van der Waals surface area contributed by atoms with E-state index in [2.05, 4.69) is 31.3 Å². The van der Waals surface area contributed by atoms with Crippen LogP contribution in [0.15, 0.2) is 54.7 Å². The summed E-state index contributed by atoms with van der Waals surface area (Å²) in [5, 5.41) is 13.8. The van der Waals surface area contributed by atoms with Crippen molar-refractivity contribution >= 4 is 35.0 Å². The van der Waals surface area contributed by atoms with E-state index in [1.165, 1.54) is 0 Å². The predicted octanol–water partition coefficient (Wildman–Crippen LogP) is 5.76. The van der Waals surface area contributed by atoms with E-state index < -0.39 is 5.41 Å². The Bertz CT molecular complexity index is 1200. The van der Waals surface area contributed by atoms with Gasteiger partial charge in [-0.25, -0.2) is 0 Å². The highest BCUT2D eigenvalue weighted by Gasteiger charge is 2.57. The number of halogens is 2. The SMILES string of the molecule is C[C@H]1NC(=O)[C@]2(C)CC[C@@H](c3ccc(C(=O)N4C=CC(CO)CC4)cc3Cl)[C@H](c3ccc(Cl)cc3)[C@H]12. The van der Waals surface area contributed by atoms with E-state index in [1.807, 2.05) is 30.3 Å². The summed E-state index contributed by atoms with van der Waals surface area (Å²) in [6.07, 6.45) is 5.99. The second kappa shape index (κ2) is 9.85. The van der Waals surface area contributed by atoms with Crippen LogP contribution >= 0.6 is 23.2 Å². The third kappa shape index (κ3) is 4.36. The molecule has 2 heterocycles. The van der Waals surface area contributed by atoms with Gasteiger partial charge in [-0.3, -0.25) is 9.59 Å². The van der Waals surface area contributed by atoms with Crippen LogP contribution in [0.4, 0.5) is 0 Å². The Balaban J connectivity index is 1.49. The van der Waals surface area contributed by atoms with E-state index >= 15 is 0 Å². The number of hydrogen-bond acceptors (Lipinski definition) is 3. The Morgan fingerprint density at radius 2 is 1.92 bits per heavy atom. The number of amides is 2. The number of benzene rings is 2. The lowest BCUT2D eigenvalue weighted by atomic mass is 9.56. The molecule has 5 rings (SSSR count). The molecule has 1 unspecified atom stereocenters. The van der Waals surface area contributed by atoms with Gasteiger partial charge < -0.3 is 15.3 Å². The lowest BCUT2D eigenvalue weighted by Crippen LogP contribution is -2.42. The largest absolute Gasteiger partial charge is 0.396 e.